The fourth-order valence-corrected chi connectivity index (χ4v) is 2.54. The van der Waals surface area contributed by atoms with Crippen LogP contribution in [0.2, 0.25) is 0 Å². The molecule has 0 saturated heterocycles. The van der Waals surface area contributed by atoms with Gasteiger partial charge in [-0.3, -0.25) is 4.98 Å². The molecule has 2 aromatic rings. The maximum atomic E-state index is 5.92. The summed E-state index contributed by atoms with van der Waals surface area (Å²) in [6, 6.07) is 7.67. The van der Waals surface area contributed by atoms with E-state index in [0.29, 0.717) is 5.69 Å². The molecule has 1 heterocycles. The number of aromatic nitrogens is 1. The van der Waals surface area contributed by atoms with E-state index >= 15 is 0 Å². The third-order valence-electron chi connectivity index (χ3n) is 2.37. The highest BCUT2D eigenvalue weighted by Crippen LogP contribution is 2.35. The Kier molecular flexibility index (Phi) is 3.69. The predicted octanol–water partition coefficient (Wildman–Crippen LogP) is 3.86. The van der Waals surface area contributed by atoms with Gasteiger partial charge in [0.2, 0.25) is 0 Å². The number of ether oxygens (including phenoxy) is 1. The highest BCUT2D eigenvalue weighted by Gasteiger charge is 2.10. The zero-order valence-corrected chi connectivity index (χ0v) is 12.2. The maximum absolute atomic E-state index is 5.92. The van der Waals surface area contributed by atoms with Crippen LogP contribution in [0.25, 0.3) is 11.3 Å². The maximum Gasteiger partial charge on any atom is 0.118 e. The number of hydrogen-bond donors (Lipinski definition) is 1. The smallest absolute Gasteiger partial charge is 0.118 e. The highest BCUT2D eigenvalue weighted by atomic mass is 79.9. The van der Waals surface area contributed by atoms with E-state index in [1.54, 1.807) is 13.3 Å². The Morgan fingerprint density at radius 1 is 1.18 bits per heavy atom. The van der Waals surface area contributed by atoms with Crippen molar-refractivity contribution in [2.45, 2.75) is 0 Å². The molecule has 2 N–H and O–H groups in total. The van der Waals surface area contributed by atoms with Gasteiger partial charge in [-0.25, -0.2) is 0 Å². The minimum absolute atomic E-state index is 0.644. The quantitative estimate of drug-likeness (QED) is 0.887. The van der Waals surface area contributed by atoms with Crippen LogP contribution in [-0.4, -0.2) is 12.1 Å². The minimum Gasteiger partial charge on any atom is -0.497 e. The van der Waals surface area contributed by atoms with E-state index in [0.717, 1.165) is 26.0 Å². The van der Waals surface area contributed by atoms with Crippen LogP contribution in [0.3, 0.4) is 0 Å². The summed E-state index contributed by atoms with van der Waals surface area (Å²) in [5.74, 6) is 0.815. The topological polar surface area (TPSA) is 48.1 Å². The third-order valence-corrected chi connectivity index (χ3v) is 3.81. The van der Waals surface area contributed by atoms with Gasteiger partial charge in [0.1, 0.15) is 5.75 Å². The number of rotatable bonds is 2. The average molecular weight is 358 g/mol. The molecule has 0 spiro atoms. The van der Waals surface area contributed by atoms with Crippen LogP contribution in [0.15, 0.2) is 39.4 Å². The number of hydrogen-bond acceptors (Lipinski definition) is 3. The van der Waals surface area contributed by atoms with Gasteiger partial charge >= 0.3 is 0 Å². The van der Waals surface area contributed by atoms with Gasteiger partial charge in [0.15, 0.2) is 0 Å². The summed E-state index contributed by atoms with van der Waals surface area (Å²) in [4.78, 5) is 4.35. The molecule has 0 saturated carbocycles. The lowest BCUT2D eigenvalue weighted by molar-refractivity contribution is 0.415. The number of methoxy groups -OCH3 is 1. The number of nitrogens with zero attached hydrogens (tertiary/aromatic N) is 1. The second-order valence-electron chi connectivity index (χ2n) is 3.41. The Hall–Kier alpha value is -1.07. The van der Waals surface area contributed by atoms with Crippen molar-refractivity contribution in [3.05, 3.63) is 39.4 Å². The van der Waals surface area contributed by atoms with E-state index in [-0.39, 0.29) is 0 Å². The van der Waals surface area contributed by atoms with Gasteiger partial charge in [0.25, 0.3) is 0 Å². The summed E-state index contributed by atoms with van der Waals surface area (Å²) in [6.07, 6.45) is 1.69. The van der Waals surface area contributed by atoms with E-state index < -0.39 is 0 Å². The lowest BCUT2D eigenvalue weighted by Crippen LogP contribution is -1.94. The molecule has 0 atom stereocenters. The van der Waals surface area contributed by atoms with Crippen molar-refractivity contribution < 1.29 is 4.74 Å². The van der Waals surface area contributed by atoms with Crippen LogP contribution in [-0.2, 0) is 0 Å². The number of nitrogen functional groups attached to an aromatic ring is 1. The van der Waals surface area contributed by atoms with Crippen LogP contribution in [0.1, 0.15) is 0 Å². The van der Waals surface area contributed by atoms with Crippen molar-refractivity contribution in [2.24, 2.45) is 0 Å². The van der Waals surface area contributed by atoms with Crippen molar-refractivity contribution in [1.82, 2.24) is 4.98 Å². The van der Waals surface area contributed by atoms with Crippen molar-refractivity contribution in [3.8, 4) is 17.0 Å². The van der Waals surface area contributed by atoms with Gasteiger partial charge in [-0.2, -0.15) is 0 Å². The Balaban J connectivity index is 2.49. The van der Waals surface area contributed by atoms with Crippen molar-refractivity contribution in [1.29, 1.82) is 0 Å². The second-order valence-corrected chi connectivity index (χ2v) is 5.06. The molecular weight excluding hydrogens is 348 g/mol. The van der Waals surface area contributed by atoms with Crippen LogP contribution in [0.4, 0.5) is 5.69 Å². The van der Waals surface area contributed by atoms with Crippen LogP contribution < -0.4 is 10.5 Å². The van der Waals surface area contributed by atoms with Gasteiger partial charge < -0.3 is 10.5 Å². The molecule has 0 fully saturated rings. The highest BCUT2D eigenvalue weighted by molar-refractivity contribution is 9.11. The largest absolute Gasteiger partial charge is 0.497 e. The zero-order valence-electron chi connectivity index (χ0n) is 9.08. The van der Waals surface area contributed by atoms with Gasteiger partial charge in [0.05, 0.1) is 27.4 Å². The lowest BCUT2D eigenvalue weighted by atomic mass is 10.1. The molecule has 3 nitrogen and oxygen atoms in total. The summed E-state index contributed by atoms with van der Waals surface area (Å²) in [6.45, 7) is 0. The second kappa shape index (κ2) is 5.06. The van der Waals surface area contributed by atoms with Crippen molar-refractivity contribution in [2.75, 3.05) is 12.8 Å². The fourth-order valence-electron chi connectivity index (χ4n) is 1.43. The predicted molar refractivity (Wildman–Crippen MR) is 76.0 cm³/mol. The van der Waals surface area contributed by atoms with Crippen molar-refractivity contribution in [3.63, 3.8) is 0 Å². The van der Waals surface area contributed by atoms with Gasteiger partial charge in [-0.1, -0.05) is 0 Å². The van der Waals surface area contributed by atoms with Crippen LogP contribution in [0.5, 0.6) is 5.75 Å². The van der Waals surface area contributed by atoms with E-state index in [4.69, 9.17) is 10.5 Å². The van der Waals surface area contributed by atoms with E-state index in [2.05, 4.69) is 36.8 Å². The normalized spacial score (nSPS) is 10.3. The van der Waals surface area contributed by atoms with E-state index in [9.17, 15) is 0 Å². The van der Waals surface area contributed by atoms with Gasteiger partial charge in [0, 0.05) is 11.8 Å². The summed E-state index contributed by atoms with van der Waals surface area (Å²) in [5, 5.41) is 0. The summed E-state index contributed by atoms with van der Waals surface area (Å²) < 4.78 is 6.68. The minimum atomic E-state index is 0.644. The molecule has 0 amide bonds. The summed E-state index contributed by atoms with van der Waals surface area (Å²) >= 11 is 6.79. The number of halogens is 2. The molecule has 0 radical (unpaired) electrons. The average Bonchev–Trinajstić information content (AvgIpc) is 2.36. The summed E-state index contributed by atoms with van der Waals surface area (Å²) in [7, 11) is 1.64. The van der Waals surface area contributed by atoms with Crippen LogP contribution >= 0.6 is 31.9 Å². The molecule has 0 unspecified atom stereocenters. The monoisotopic (exact) mass is 356 g/mol. The fraction of sp³-hybridized carbons (Fsp3) is 0.0833. The number of benzene rings is 1. The molecule has 0 aliphatic rings. The first-order valence-corrected chi connectivity index (χ1v) is 6.46. The number of nitrogens with two attached hydrogens (primary N) is 1. The standard InChI is InChI=1S/C12H10Br2N2O/c1-17-8-4-2-7(3-5-8)12-10(14)11(15)9(13)6-16-12/h2-6H,1H3,(H2,15,16). The Bertz CT molecular complexity index is 541. The van der Waals surface area contributed by atoms with E-state index in [1.165, 1.54) is 0 Å². The molecule has 1 aromatic carbocycles. The first-order valence-electron chi connectivity index (χ1n) is 4.87. The molecule has 17 heavy (non-hydrogen) atoms. The molecule has 0 bridgehead atoms. The molecule has 2 rings (SSSR count). The third kappa shape index (κ3) is 2.45. The molecular formula is C12H10Br2N2O. The zero-order chi connectivity index (χ0) is 12.4. The number of anilines is 1. The molecule has 5 heteroatoms. The van der Waals surface area contributed by atoms with Crippen LogP contribution in [0, 0.1) is 0 Å². The summed E-state index contributed by atoms with van der Waals surface area (Å²) in [5.41, 5.74) is 8.36. The Morgan fingerprint density at radius 2 is 1.82 bits per heavy atom. The first-order chi connectivity index (χ1) is 8.13. The molecule has 0 aliphatic heterocycles. The van der Waals surface area contributed by atoms with Gasteiger partial charge in [-0.05, 0) is 56.1 Å². The van der Waals surface area contributed by atoms with Gasteiger partial charge in [-0.15, -0.1) is 0 Å². The van der Waals surface area contributed by atoms with E-state index in [1.807, 2.05) is 24.3 Å². The molecule has 0 aliphatic carbocycles. The first kappa shape index (κ1) is 12.4. The molecule has 88 valence electrons. The number of pyridine rings is 1. The molecule has 1 aromatic heterocycles. The lowest BCUT2D eigenvalue weighted by Gasteiger charge is -2.08. The van der Waals surface area contributed by atoms with Crippen molar-refractivity contribution >= 4 is 37.5 Å². The Morgan fingerprint density at radius 3 is 2.41 bits per heavy atom. The Labute approximate surface area is 116 Å². The SMILES string of the molecule is COc1ccc(-c2ncc(Br)c(N)c2Br)cc1.